The lowest BCUT2D eigenvalue weighted by Crippen LogP contribution is -2.50. The second kappa shape index (κ2) is 7.20. The van der Waals surface area contributed by atoms with Crippen LogP contribution in [0.5, 0.6) is 0 Å². The fraction of sp³-hybridized carbons (Fsp3) is 0.533. The summed E-state index contributed by atoms with van der Waals surface area (Å²) in [4.78, 5) is 21.4. The van der Waals surface area contributed by atoms with Crippen molar-refractivity contribution in [3.05, 3.63) is 23.4 Å². The highest BCUT2D eigenvalue weighted by Gasteiger charge is 2.27. The van der Waals surface area contributed by atoms with Gasteiger partial charge in [0.1, 0.15) is 6.61 Å². The zero-order valence-corrected chi connectivity index (χ0v) is 14.1. The lowest BCUT2D eigenvalue weighted by atomic mass is 10.2. The molecule has 1 aliphatic heterocycles. The number of aromatic nitrogens is 2. The fourth-order valence-electron chi connectivity index (χ4n) is 2.64. The van der Waals surface area contributed by atoms with Crippen molar-refractivity contribution in [2.45, 2.75) is 13.0 Å². The molecule has 0 spiro atoms. The van der Waals surface area contributed by atoms with Crippen LogP contribution in [0.1, 0.15) is 18.9 Å². The minimum Gasteiger partial charge on any atom is -0.375 e. The Kier molecular flexibility index (Phi) is 5.04. The van der Waals surface area contributed by atoms with E-state index in [1.807, 2.05) is 22.4 Å². The van der Waals surface area contributed by atoms with Crippen molar-refractivity contribution in [3.63, 3.8) is 0 Å². The molecule has 0 saturated carbocycles. The molecule has 8 heteroatoms. The number of thiophene rings is 1. The summed E-state index contributed by atoms with van der Waals surface area (Å²) >= 11 is 1.59. The molecule has 2 aromatic rings. The highest BCUT2D eigenvalue weighted by Crippen LogP contribution is 2.25. The predicted molar refractivity (Wildman–Crippen MR) is 86.1 cm³/mol. The number of carbonyl (C=O) groups is 1. The molecule has 1 amide bonds. The van der Waals surface area contributed by atoms with Gasteiger partial charge in [-0.15, -0.1) is 11.3 Å². The molecule has 0 aromatic carbocycles. The highest BCUT2D eigenvalue weighted by atomic mass is 32.1. The maximum atomic E-state index is 11.8. The van der Waals surface area contributed by atoms with Gasteiger partial charge >= 0.3 is 0 Å². The first-order valence-corrected chi connectivity index (χ1v) is 8.45. The molecular formula is C15H20N4O3S. The smallest absolute Gasteiger partial charge is 0.248 e. The van der Waals surface area contributed by atoms with Crippen molar-refractivity contribution in [1.29, 1.82) is 0 Å². The molecule has 1 saturated heterocycles. The summed E-state index contributed by atoms with van der Waals surface area (Å²) in [5.41, 5.74) is 0. The van der Waals surface area contributed by atoms with Crippen molar-refractivity contribution in [1.82, 2.24) is 19.9 Å². The lowest BCUT2D eigenvalue weighted by molar-refractivity contribution is -0.137. The average molecular weight is 336 g/mol. The molecule has 23 heavy (non-hydrogen) atoms. The van der Waals surface area contributed by atoms with Crippen molar-refractivity contribution < 1.29 is 14.1 Å². The van der Waals surface area contributed by atoms with Crippen LogP contribution >= 0.6 is 11.3 Å². The predicted octanol–water partition coefficient (Wildman–Crippen LogP) is 1.65. The van der Waals surface area contributed by atoms with E-state index >= 15 is 0 Å². The van der Waals surface area contributed by atoms with Gasteiger partial charge in [0.2, 0.25) is 17.6 Å². The summed E-state index contributed by atoms with van der Waals surface area (Å²) in [6.07, 6.45) is 0. The Balaban J connectivity index is 1.59. The van der Waals surface area contributed by atoms with Gasteiger partial charge in [0.05, 0.1) is 10.9 Å². The van der Waals surface area contributed by atoms with Crippen LogP contribution in [-0.2, 0) is 9.53 Å². The number of ether oxygens (including phenoxy) is 1. The van der Waals surface area contributed by atoms with E-state index in [1.165, 1.54) is 7.11 Å². The third-order valence-electron chi connectivity index (χ3n) is 4.02. The molecule has 3 heterocycles. The summed E-state index contributed by atoms with van der Waals surface area (Å²) in [6, 6.07) is 3.98. The topological polar surface area (TPSA) is 71.7 Å². The molecule has 1 atom stereocenters. The van der Waals surface area contributed by atoms with Crippen LogP contribution in [0.15, 0.2) is 22.0 Å². The minimum absolute atomic E-state index is 0.0379. The SMILES string of the molecule is COCC(=O)N1CCN([C@H](C)c2nc(-c3cccs3)no2)CC1. The zero-order valence-electron chi connectivity index (χ0n) is 13.3. The van der Waals surface area contributed by atoms with E-state index in [4.69, 9.17) is 9.26 Å². The van der Waals surface area contributed by atoms with Crippen LogP contribution in [0.4, 0.5) is 0 Å². The Morgan fingerprint density at radius 3 is 2.87 bits per heavy atom. The molecule has 1 aliphatic rings. The monoisotopic (exact) mass is 336 g/mol. The zero-order chi connectivity index (χ0) is 16.2. The molecule has 3 rings (SSSR count). The number of amides is 1. The second-order valence-electron chi connectivity index (χ2n) is 5.46. The number of nitrogens with zero attached hydrogens (tertiary/aromatic N) is 4. The summed E-state index contributed by atoms with van der Waals surface area (Å²) in [5, 5.41) is 6.05. The fourth-order valence-corrected chi connectivity index (χ4v) is 3.29. The Morgan fingerprint density at radius 2 is 2.22 bits per heavy atom. The number of methoxy groups -OCH3 is 1. The first-order valence-electron chi connectivity index (χ1n) is 7.57. The van der Waals surface area contributed by atoms with Gasteiger partial charge in [0.25, 0.3) is 0 Å². The number of piperazine rings is 1. The third-order valence-corrected chi connectivity index (χ3v) is 4.89. The van der Waals surface area contributed by atoms with Gasteiger partial charge in [-0.2, -0.15) is 4.98 Å². The standard InChI is InChI=1S/C15H20N4O3S/c1-11(15-16-14(17-22-15)12-4-3-9-23-12)18-5-7-19(8-6-18)13(20)10-21-2/h3-4,9,11H,5-8,10H2,1-2H3/t11-/m1/s1. The minimum atomic E-state index is 0.0379. The van der Waals surface area contributed by atoms with Gasteiger partial charge in [0.15, 0.2) is 0 Å². The maximum absolute atomic E-state index is 11.8. The third kappa shape index (κ3) is 3.60. The summed E-state index contributed by atoms with van der Waals surface area (Å²) in [7, 11) is 1.54. The van der Waals surface area contributed by atoms with Crippen molar-refractivity contribution in [2.75, 3.05) is 39.9 Å². The number of hydrogen-bond donors (Lipinski definition) is 0. The summed E-state index contributed by atoms with van der Waals surface area (Å²) in [6.45, 7) is 5.15. The lowest BCUT2D eigenvalue weighted by Gasteiger charge is -2.36. The van der Waals surface area contributed by atoms with Crippen LogP contribution in [0, 0.1) is 0 Å². The van der Waals surface area contributed by atoms with E-state index in [1.54, 1.807) is 11.3 Å². The molecule has 0 bridgehead atoms. The number of hydrogen-bond acceptors (Lipinski definition) is 7. The Morgan fingerprint density at radius 1 is 1.43 bits per heavy atom. The molecule has 1 fully saturated rings. The van der Waals surface area contributed by atoms with E-state index in [2.05, 4.69) is 22.0 Å². The van der Waals surface area contributed by atoms with E-state index in [-0.39, 0.29) is 18.6 Å². The normalized spacial score (nSPS) is 17.4. The van der Waals surface area contributed by atoms with E-state index in [9.17, 15) is 4.79 Å². The highest BCUT2D eigenvalue weighted by molar-refractivity contribution is 7.13. The summed E-state index contributed by atoms with van der Waals surface area (Å²) < 4.78 is 10.3. The van der Waals surface area contributed by atoms with Gasteiger partial charge in [-0.25, -0.2) is 0 Å². The van der Waals surface area contributed by atoms with Gasteiger partial charge in [-0.05, 0) is 18.4 Å². The molecule has 2 aromatic heterocycles. The van der Waals surface area contributed by atoms with Gasteiger partial charge in [0, 0.05) is 33.3 Å². The van der Waals surface area contributed by atoms with E-state index < -0.39 is 0 Å². The molecule has 124 valence electrons. The van der Waals surface area contributed by atoms with E-state index in [0.29, 0.717) is 24.8 Å². The molecule has 7 nitrogen and oxygen atoms in total. The first kappa shape index (κ1) is 16.1. The quantitative estimate of drug-likeness (QED) is 0.827. The van der Waals surface area contributed by atoms with Crippen LogP contribution in [0.3, 0.4) is 0 Å². The van der Waals surface area contributed by atoms with Crippen LogP contribution in [0.2, 0.25) is 0 Å². The first-order chi connectivity index (χ1) is 11.2. The molecule has 0 unspecified atom stereocenters. The largest absolute Gasteiger partial charge is 0.375 e. The second-order valence-corrected chi connectivity index (χ2v) is 6.41. The van der Waals surface area contributed by atoms with Gasteiger partial charge < -0.3 is 14.2 Å². The van der Waals surface area contributed by atoms with Crippen LogP contribution in [0.25, 0.3) is 10.7 Å². The molecule has 0 radical (unpaired) electrons. The van der Waals surface area contributed by atoms with Gasteiger partial charge in [-0.3, -0.25) is 9.69 Å². The number of rotatable bonds is 5. The van der Waals surface area contributed by atoms with Crippen LogP contribution in [-0.4, -0.2) is 65.7 Å². The Hall–Kier alpha value is -1.77. The molecule has 0 N–H and O–H groups in total. The maximum Gasteiger partial charge on any atom is 0.248 e. The summed E-state index contributed by atoms with van der Waals surface area (Å²) in [5.74, 6) is 1.29. The molecular weight excluding hydrogens is 316 g/mol. The van der Waals surface area contributed by atoms with Crippen molar-refractivity contribution in [2.24, 2.45) is 0 Å². The Labute approximate surface area is 138 Å². The Bertz CT molecular complexity index is 635. The van der Waals surface area contributed by atoms with Crippen molar-refractivity contribution in [3.8, 4) is 10.7 Å². The van der Waals surface area contributed by atoms with E-state index in [0.717, 1.165) is 18.0 Å². The molecule has 0 aliphatic carbocycles. The van der Waals surface area contributed by atoms with Crippen molar-refractivity contribution >= 4 is 17.2 Å². The number of carbonyl (C=O) groups excluding carboxylic acids is 1. The van der Waals surface area contributed by atoms with Gasteiger partial charge in [-0.1, -0.05) is 11.2 Å². The average Bonchev–Trinajstić information content (AvgIpc) is 3.25. The van der Waals surface area contributed by atoms with Crippen LogP contribution < -0.4 is 0 Å².